The largest absolute Gasteiger partial charge is 0.493 e. The lowest BCUT2D eigenvalue weighted by Gasteiger charge is -2.11. The van der Waals surface area contributed by atoms with Crippen molar-refractivity contribution in [2.24, 2.45) is 0 Å². The topological polar surface area (TPSA) is 18.5 Å². The molecule has 2 aromatic carbocycles. The van der Waals surface area contributed by atoms with Crippen LogP contribution in [0.25, 0.3) is 0 Å². The molecular weight excluding hydrogens is 236 g/mol. The van der Waals surface area contributed by atoms with E-state index in [1.807, 2.05) is 25.1 Å². The molecule has 0 spiro atoms. The molecule has 0 atom stereocenters. The first kappa shape index (κ1) is 13.5. The maximum atomic E-state index is 5.82. The van der Waals surface area contributed by atoms with Crippen LogP contribution in [0, 0.1) is 6.92 Å². The molecule has 0 saturated carbocycles. The number of aryl methyl sites for hydroxylation is 2. The minimum Gasteiger partial charge on any atom is -0.493 e. The van der Waals surface area contributed by atoms with Gasteiger partial charge in [0, 0.05) is 0 Å². The highest BCUT2D eigenvalue weighted by Crippen LogP contribution is 2.28. The first-order valence-corrected chi connectivity index (χ1v) is 6.58. The van der Waals surface area contributed by atoms with Crippen molar-refractivity contribution in [1.82, 2.24) is 0 Å². The summed E-state index contributed by atoms with van der Waals surface area (Å²) < 4.78 is 11.1. The van der Waals surface area contributed by atoms with Crippen LogP contribution in [0.3, 0.4) is 0 Å². The smallest absolute Gasteiger partial charge is 0.161 e. The Morgan fingerprint density at radius 1 is 0.895 bits per heavy atom. The van der Waals surface area contributed by atoms with Crippen LogP contribution in [0.2, 0.25) is 0 Å². The summed E-state index contributed by atoms with van der Waals surface area (Å²) in [6.45, 7) is 4.75. The van der Waals surface area contributed by atoms with Crippen molar-refractivity contribution in [3.63, 3.8) is 0 Å². The van der Waals surface area contributed by atoms with Crippen molar-refractivity contribution in [2.45, 2.75) is 26.9 Å². The molecule has 0 bridgehead atoms. The zero-order valence-corrected chi connectivity index (χ0v) is 11.8. The van der Waals surface area contributed by atoms with Crippen LogP contribution in [0.5, 0.6) is 11.5 Å². The zero-order chi connectivity index (χ0) is 13.7. The van der Waals surface area contributed by atoms with Crippen LogP contribution in [-0.2, 0) is 13.0 Å². The molecule has 0 amide bonds. The van der Waals surface area contributed by atoms with Crippen LogP contribution < -0.4 is 9.47 Å². The van der Waals surface area contributed by atoms with E-state index in [9.17, 15) is 0 Å². The summed E-state index contributed by atoms with van der Waals surface area (Å²) in [5.41, 5.74) is 3.67. The maximum Gasteiger partial charge on any atom is 0.161 e. The molecule has 2 heteroatoms. The summed E-state index contributed by atoms with van der Waals surface area (Å²) in [6.07, 6.45) is 1.06. The van der Waals surface area contributed by atoms with Crippen molar-refractivity contribution in [1.29, 1.82) is 0 Å². The minimum atomic E-state index is 0.559. The molecule has 0 aliphatic carbocycles. The van der Waals surface area contributed by atoms with Crippen LogP contribution in [-0.4, -0.2) is 7.11 Å². The van der Waals surface area contributed by atoms with Gasteiger partial charge in [-0.1, -0.05) is 37.3 Å². The van der Waals surface area contributed by atoms with Crippen molar-refractivity contribution in [3.05, 3.63) is 59.2 Å². The van der Waals surface area contributed by atoms with Gasteiger partial charge in [-0.15, -0.1) is 0 Å². The molecule has 0 aromatic heterocycles. The van der Waals surface area contributed by atoms with Crippen LogP contribution in [0.4, 0.5) is 0 Å². The predicted molar refractivity (Wildman–Crippen MR) is 77.9 cm³/mol. The highest BCUT2D eigenvalue weighted by molar-refractivity contribution is 5.42. The van der Waals surface area contributed by atoms with Crippen molar-refractivity contribution >= 4 is 0 Å². The normalized spacial score (nSPS) is 10.3. The van der Waals surface area contributed by atoms with Crippen molar-refractivity contribution < 1.29 is 9.47 Å². The molecular formula is C17H20O2. The fourth-order valence-corrected chi connectivity index (χ4v) is 1.93. The molecule has 0 heterocycles. The van der Waals surface area contributed by atoms with E-state index in [1.54, 1.807) is 7.11 Å². The standard InChI is InChI=1S/C17H20O2/c1-4-14-6-8-15(9-7-14)12-19-16-10-5-13(2)11-17(16)18-3/h5-11H,4,12H2,1-3H3. The second kappa shape index (κ2) is 6.28. The van der Waals surface area contributed by atoms with Gasteiger partial charge in [0.25, 0.3) is 0 Å². The van der Waals surface area contributed by atoms with Crippen LogP contribution in [0.1, 0.15) is 23.6 Å². The Morgan fingerprint density at radius 2 is 1.58 bits per heavy atom. The Hall–Kier alpha value is -1.96. The van der Waals surface area contributed by atoms with Gasteiger partial charge in [0.1, 0.15) is 6.61 Å². The summed E-state index contributed by atoms with van der Waals surface area (Å²) in [7, 11) is 1.66. The Morgan fingerprint density at radius 3 is 2.21 bits per heavy atom. The Labute approximate surface area is 115 Å². The van der Waals surface area contributed by atoms with E-state index < -0.39 is 0 Å². The lowest BCUT2D eigenvalue weighted by Crippen LogP contribution is -1.98. The van der Waals surface area contributed by atoms with Crippen molar-refractivity contribution in [2.75, 3.05) is 7.11 Å². The average Bonchev–Trinajstić information content (AvgIpc) is 2.46. The molecule has 19 heavy (non-hydrogen) atoms. The molecule has 0 unspecified atom stereocenters. The Bertz CT molecular complexity index is 529. The van der Waals surface area contributed by atoms with E-state index in [2.05, 4.69) is 31.2 Å². The Balaban J connectivity index is 2.05. The summed E-state index contributed by atoms with van der Waals surface area (Å²) in [4.78, 5) is 0. The predicted octanol–water partition coefficient (Wildman–Crippen LogP) is 4.15. The second-order valence-electron chi connectivity index (χ2n) is 4.61. The summed E-state index contributed by atoms with van der Waals surface area (Å²) in [5.74, 6) is 1.57. The third kappa shape index (κ3) is 3.50. The molecule has 0 aliphatic rings. The van der Waals surface area contributed by atoms with Gasteiger partial charge in [-0.3, -0.25) is 0 Å². The van der Waals surface area contributed by atoms with Gasteiger partial charge in [0.15, 0.2) is 11.5 Å². The molecule has 0 N–H and O–H groups in total. The van der Waals surface area contributed by atoms with Gasteiger partial charge < -0.3 is 9.47 Å². The third-order valence-electron chi connectivity index (χ3n) is 3.14. The van der Waals surface area contributed by atoms with Gasteiger partial charge in [0.2, 0.25) is 0 Å². The summed E-state index contributed by atoms with van der Waals surface area (Å²) in [6, 6.07) is 14.5. The first-order chi connectivity index (χ1) is 9.22. The molecule has 2 nitrogen and oxygen atoms in total. The van der Waals surface area contributed by atoms with Gasteiger partial charge in [-0.25, -0.2) is 0 Å². The van der Waals surface area contributed by atoms with Crippen LogP contribution >= 0.6 is 0 Å². The number of rotatable bonds is 5. The maximum absolute atomic E-state index is 5.82. The molecule has 2 aromatic rings. The van der Waals surface area contributed by atoms with Crippen molar-refractivity contribution in [3.8, 4) is 11.5 Å². The number of hydrogen-bond acceptors (Lipinski definition) is 2. The Kier molecular flexibility index (Phi) is 4.45. The van der Waals surface area contributed by atoms with E-state index in [0.717, 1.165) is 23.5 Å². The van der Waals surface area contributed by atoms with E-state index in [-0.39, 0.29) is 0 Å². The monoisotopic (exact) mass is 256 g/mol. The molecule has 100 valence electrons. The quantitative estimate of drug-likeness (QED) is 0.800. The highest BCUT2D eigenvalue weighted by Gasteiger charge is 2.04. The van der Waals surface area contributed by atoms with Gasteiger partial charge in [-0.05, 0) is 42.2 Å². The van der Waals surface area contributed by atoms with Gasteiger partial charge >= 0.3 is 0 Å². The van der Waals surface area contributed by atoms with E-state index >= 15 is 0 Å². The summed E-state index contributed by atoms with van der Waals surface area (Å²) >= 11 is 0. The lowest BCUT2D eigenvalue weighted by atomic mass is 10.1. The number of hydrogen-bond donors (Lipinski definition) is 0. The third-order valence-corrected chi connectivity index (χ3v) is 3.14. The van der Waals surface area contributed by atoms with Gasteiger partial charge in [0.05, 0.1) is 7.11 Å². The zero-order valence-electron chi connectivity index (χ0n) is 11.8. The highest BCUT2D eigenvalue weighted by atomic mass is 16.5. The molecule has 2 rings (SSSR count). The molecule has 0 radical (unpaired) electrons. The minimum absolute atomic E-state index is 0.559. The van der Waals surface area contributed by atoms with Gasteiger partial charge in [-0.2, -0.15) is 0 Å². The number of benzene rings is 2. The molecule has 0 saturated heterocycles. The summed E-state index contributed by atoms with van der Waals surface area (Å²) in [5, 5.41) is 0. The van der Waals surface area contributed by atoms with E-state index in [4.69, 9.17) is 9.47 Å². The number of ether oxygens (including phenoxy) is 2. The first-order valence-electron chi connectivity index (χ1n) is 6.58. The molecule has 0 fully saturated rings. The van der Waals surface area contributed by atoms with Crippen LogP contribution in [0.15, 0.2) is 42.5 Å². The number of methoxy groups -OCH3 is 1. The van der Waals surface area contributed by atoms with E-state index in [1.165, 1.54) is 11.1 Å². The fourth-order valence-electron chi connectivity index (χ4n) is 1.93. The average molecular weight is 256 g/mol. The SMILES string of the molecule is CCc1ccc(COc2ccc(C)cc2OC)cc1. The fraction of sp³-hybridized carbons (Fsp3) is 0.294. The van der Waals surface area contributed by atoms with E-state index in [0.29, 0.717) is 6.61 Å². The lowest BCUT2D eigenvalue weighted by molar-refractivity contribution is 0.284. The molecule has 0 aliphatic heterocycles. The second-order valence-corrected chi connectivity index (χ2v) is 4.61.